The summed E-state index contributed by atoms with van der Waals surface area (Å²) in [7, 11) is 0. The van der Waals surface area contributed by atoms with Crippen LogP contribution in [-0.4, -0.2) is 36.5 Å². The molecule has 1 heterocycles. The van der Waals surface area contributed by atoms with Gasteiger partial charge in [-0.25, -0.2) is 0 Å². The second-order valence-corrected chi connectivity index (χ2v) is 7.62. The summed E-state index contributed by atoms with van der Waals surface area (Å²) in [6, 6.07) is 18.3. The number of carbonyl (C=O) groups excluding carboxylic acids is 1. The SMILES string of the molecule is CCNC(=O)CCc1ccc(-c2ccc(CCN3CCCC3C)cc2)cc1. The molecular weight excluding hydrogens is 332 g/mol. The molecule has 1 fully saturated rings. The van der Waals surface area contributed by atoms with E-state index in [1.54, 1.807) is 0 Å². The number of likely N-dealkylation sites (tertiary alicyclic amines) is 1. The van der Waals surface area contributed by atoms with E-state index in [-0.39, 0.29) is 5.91 Å². The predicted octanol–water partition coefficient (Wildman–Crippen LogP) is 4.45. The fourth-order valence-corrected chi connectivity index (χ4v) is 3.87. The smallest absolute Gasteiger partial charge is 0.220 e. The molecule has 1 amide bonds. The zero-order valence-electron chi connectivity index (χ0n) is 16.7. The maximum Gasteiger partial charge on any atom is 0.220 e. The minimum absolute atomic E-state index is 0.125. The molecule has 27 heavy (non-hydrogen) atoms. The molecular formula is C24H32N2O. The molecule has 1 aliphatic heterocycles. The van der Waals surface area contributed by atoms with Crippen molar-refractivity contribution in [1.82, 2.24) is 10.2 Å². The first-order chi connectivity index (χ1) is 13.2. The minimum atomic E-state index is 0.125. The summed E-state index contributed by atoms with van der Waals surface area (Å²) >= 11 is 0. The fourth-order valence-electron chi connectivity index (χ4n) is 3.87. The number of hydrogen-bond donors (Lipinski definition) is 1. The Morgan fingerprint density at radius 1 is 1.00 bits per heavy atom. The van der Waals surface area contributed by atoms with Crippen LogP contribution in [0.2, 0.25) is 0 Å². The van der Waals surface area contributed by atoms with Crippen molar-refractivity contribution in [1.29, 1.82) is 0 Å². The summed E-state index contributed by atoms with van der Waals surface area (Å²) < 4.78 is 0. The first-order valence-electron chi connectivity index (χ1n) is 10.3. The van der Waals surface area contributed by atoms with Crippen molar-refractivity contribution >= 4 is 5.91 Å². The summed E-state index contributed by atoms with van der Waals surface area (Å²) in [5, 5.41) is 2.85. The summed E-state index contributed by atoms with van der Waals surface area (Å²) in [5.41, 5.74) is 5.11. The van der Waals surface area contributed by atoms with Crippen LogP contribution in [0.5, 0.6) is 0 Å². The van der Waals surface area contributed by atoms with Crippen LogP contribution >= 0.6 is 0 Å². The molecule has 2 aromatic rings. The quantitative estimate of drug-likeness (QED) is 0.750. The molecule has 0 radical (unpaired) electrons. The monoisotopic (exact) mass is 364 g/mol. The molecule has 1 atom stereocenters. The Balaban J connectivity index is 1.52. The van der Waals surface area contributed by atoms with E-state index < -0.39 is 0 Å². The van der Waals surface area contributed by atoms with Gasteiger partial charge in [0.2, 0.25) is 5.91 Å². The number of rotatable bonds is 8. The maximum absolute atomic E-state index is 11.6. The third-order valence-electron chi connectivity index (χ3n) is 5.63. The fraction of sp³-hybridized carbons (Fsp3) is 0.458. The van der Waals surface area contributed by atoms with Crippen molar-refractivity contribution in [2.45, 2.75) is 52.0 Å². The summed E-state index contributed by atoms with van der Waals surface area (Å²) in [4.78, 5) is 14.2. The van der Waals surface area contributed by atoms with Crippen LogP contribution < -0.4 is 5.32 Å². The van der Waals surface area contributed by atoms with Gasteiger partial charge in [-0.1, -0.05) is 48.5 Å². The normalized spacial score (nSPS) is 17.2. The van der Waals surface area contributed by atoms with Crippen molar-refractivity contribution in [2.75, 3.05) is 19.6 Å². The molecule has 2 aromatic carbocycles. The second-order valence-electron chi connectivity index (χ2n) is 7.62. The van der Waals surface area contributed by atoms with Gasteiger partial charge in [0.1, 0.15) is 0 Å². The third kappa shape index (κ3) is 5.67. The Labute approximate surface area is 163 Å². The van der Waals surface area contributed by atoms with Gasteiger partial charge in [-0.05, 0) is 68.3 Å². The molecule has 1 unspecified atom stereocenters. The van der Waals surface area contributed by atoms with Gasteiger partial charge in [-0.3, -0.25) is 4.79 Å². The van der Waals surface area contributed by atoms with E-state index in [9.17, 15) is 4.79 Å². The Bertz CT molecular complexity index is 721. The molecule has 3 nitrogen and oxygen atoms in total. The van der Waals surface area contributed by atoms with E-state index in [2.05, 4.69) is 65.7 Å². The van der Waals surface area contributed by atoms with Gasteiger partial charge in [0.25, 0.3) is 0 Å². The van der Waals surface area contributed by atoms with Gasteiger partial charge >= 0.3 is 0 Å². The Kier molecular flexibility index (Phi) is 7.05. The van der Waals surface area contributed by atoms with E-state index in [1.165, 1.54) is 48.2 Å². The second kappa shape index (κ2) is 9.70. The molecule has 144 valence electrons. The lowest BCUT2D eigenvalue weighted by atomic mass is 10.0. The highest BCUT2D eigenvalue weighted by Gasteiger charge is 2.19. The van der Waals surface area contributed by atoms with Crippen molar-refractivity contribution < 1.29 is 4.79 Å². The summed E-state index contributed by atoms with van der Waals surface area (Å²) in [5.74, 6) is 0.125. The number of nitrogens with zero attached hydrogens (tertiary/aromatic N) is 1. The Hall–Kier alpha value is -2.13. The number of nitrogens with one attached hydrogen (secondary N) is 1. The van der Waals surface area contributed by atoms with Crippen LogP contribution in [0.1, 0.15) is 44.2 Å². The highest BCUT2D eigenvalue weighted by atomic mass is 16.1. The van der Waals surface area contributed by atoms with Crippen LogP contribution in [0.25, 0.3) is 11.1 Å². The molecule has 0 aromatic heterocycles. The molecule has 1 aliphatic rings. The van der Waals surface area contributed by atoms with Gasteiger partial charge in [0, 0.05) is 25.6 Å². The molecule has 0 bridgehead atoms. The molecule has 1 saturated heterocycles. The number of aryl methyl sites for hydroxylation is 1. The molecule has 0 aliphatic carbocycles. The standard InChI is InChI=1S/C24H32N2O/c1-3-25-24(27)15-10-20-6-11-22(12-7-20)23-13-8-21(9-14-23)16-18-26-17-4-5-19(26)2/h6-9,11-14,19H,3-5,10,15-18H2,1-2H3,(H,25,27). The maximum atomic E-state index is 11.6. The predicted molar refractivity (Wildman–Crippen MR) is 113 cm³/mol. The molecule has 1 N–H and O–H groups in total. The zero-order chi connectivity index (χ0) is 19.1. The van der Waals surface area contributed by atoms with Crippen LogP contribution in [0.4, 0.5) is 0 Å². The van der Waals surface area contributed by atoms with E-state index in [0.29, 0.717) is 13.0 Å². The van der Waals surface area contributed by atoms with Crippen LogP contribution in [0, 0.1) is 0 Å². The van der Waals surface area contributed by atoms with Crippen LogP contribution in [0.15, 0.2) is 48.5 Å². The van der Waals surface area contributed by atoms with Gasteiger partial charge in [-0.15, -0.1) is 0 Å². The summed E-state index contributed by atoms with van der Waals surface area (Å²) in [6.45, 7) is 7.41. The van der Waals surface area contributed by atoms with Crippen molar-refractivity contribution in [2.24, 2.45) is 0 Å². The third-order valence-corrected chi connectivity index (χ3v) is 5.63. The summed E-state index contributed by atoms with van der Waals surface area (Å²) in [6.07, 6.45) is 5.17. The Morgan fingerprint density at radius 3 is 2.11 bits per heavy atom. The topological polar surface area (TPSA) is 32.3 Å². The average molecular weight is 365 g/mol. The van der Waals surface area contributed by atoms with Gasteiger partial charge in [0.15, 0.2) is 0 Å². The number of hydrogen-bond acceptors (Lipinski definition) is 2. The van der Waals surface area contributed by atoms with E-state index in [0.717, 1.165) is 18.9 Å². The largest absolute Gasteiger partial charge is 0.356 e. The van der Waals surface area contributed by atoms with Crippen molar-refractivity contribution in [3.05, 3.63) is 59.7 Å². The van der Waals surface area contributed by atoms with E-state index in [4.69, 9.17) is 0 Å². The molecule has 3 heteroatoms. The van der Waals surface area contributed by atoms with E-state index in [1.807, 2.05) is 6.92 Å². The van der Waals surface area contributed by atoms with E-state index >= 15 is 0 Å². The lowest BCUT2D eigenvalue weighted by Gasteiger charge is -2.20. The molecule has 0 saturated carbocycles. The number of benzene rings is 2. The Morgan fingerprint density at radius 2 is 1.59 bits per heavy atom. The van der Waals surface area contributed by atoms with Crippen LogP contribution in [-0.2, 0) is 17.6 Å². The van der Waals surface area contributed by atoms with Crippen molar-refractivity contribution in [3.63, 3.8) is 0 Å². The lowest BCUT2D eigenvalue weighted by Crippen LogP contribution is -2.28. The first-order valence-corrected chi connectivity index (χ1v) is 10.3. The molecule has 0 spiro atoms. The van der Waals surface area contributed by atoms with Gasteiger partial charge in [-0.2, -0.15) is 0 Å². The lowest BCUT2D eigenvalue weighted by molar-refractivity contribution is -0.120. The molecule has 3 rings (SSSR count). The van der Waals surface area contributed by atoms with Gasteiger partial charge < -0.3 is 10.2 Å². The number of amides is 1. The first kappa shape index (κ1) is 19.6. The zero-order valence-corrected chi connectivity index (χ0v) is 16.7. The highest BCUT2D eigenvalue weighted by molar-refractivity contribution is 5.76. The minimum Gasteiger partial charge on any atom is -0.356 e. The van der Waals surface area contributed by atoms with Crippen LogP contribution in [0.3, 0.4) is 0 Å². The average Bonchev–Trinajstić information content (AvgIpc) is 3.11. The highest BCUT2D eigenvalue weighted by Crippen LogP contribution is 2.22. The van der Waals surface area contributed by atoms with Crippen molar-refractivity contribution in [3.8, 4) is 11.1 Å². The number of carbonyl (C=O) groups is 1. The van der Waals surface area contributed by atoms with Gasteiger partial charge in [0.05, 0.1) is 0 Å².